The van der Waals surface area contributed by atoms with Crippen LogP contribution in [0, 0.1) is 5.82 Å². The summed E-state index contributed by atoms with van der Waals surface area (Å²) in [5.74, 6) is 0.266. The lowest BCUT2D eigenvalue weighted by Gasteiger charge is -2.09. The second kappa shape index (κ2) is 6.92. The van der Waals surface area contributed by atoms with Crippen molar-refractivity contribution in [3.63, 3.8) is 0 Å². The van der Waals surface area contributed by atoms with Gasteiger partial charge in [0, 0.05) is 10.9 Å². The minimum atomic E-state index is -0.266. The second-order valence-corrected chi connectivity index (χ2v) is 6.68. The van der Waals surface area contributed by atoms with Gasteiger partial charge in [-0.05, 0) is 37.6 Å². The van der Waals surface area contributed by atoms with Gasteiger partial charge < -0.3 is 10.6 Å². The van der Waals surface area contributed by atoms with Gasteiger partial charge in [-0.25, -0.2) is 14.4 Å². The van der Waals surface area contributed by atoms with Crippen LogP contribution in [0.1, 0.15) is 13.8 Å². The molecule has 0 aliphatic heterocycles. The molecule has 0 saturated heterocycles. The van der Waals surface area contributed by atoms with Gasteiger partial charge in [0.1, 0.15) is 18.0 Å². The molecule has 1 amide bonds. The van der Waals surface area contributed by atoms with Crippen LogP contribution < -0.4 is 10.6 Å². The molecule has 24 heavy (non-hydrogen) atoms. The first-order valence-corrected chi connectivity index (χ1v) is 8.38. The van der Waals surface area contributed by atoms with E-state index in [2.05, 4.69) is 20.6 Å². The van der Waals surface area contributed by atoms with Crippen LogP contribution in [-0.2, 0) is 4.79 Å². The van der Waals surface area contributed by atoms with E-state index in [9.17, 15) is 9.18 Å². The van der Waals surface area contributed by atoms with Crippen molar-refractivity contribution < 1.29 is 9.18 Å². The minimum absolute atomic E-state index is 0.0907. The number of aromatic nitrogens is 2. The molecule has 0 spiro atoms. The van der Waals surface area contributed by atoms with Gasteiger partial charge in [-0.3, -0.25) is 4.79 Å². The number of halogens is 1. The summed E-state index contributed by atoms with van der Waals surface area (Å²) >= 11 is 1.51. The van der Waals surface area contributed by atoms with E-state index in [1.165, 1.54) is 29.8 Å². The van der Waals surface area contributed by atoms with Crippen molar-refractivity contribution in [1.29, 1.82) is 0 Å². The number of carbonyl (C=O) groups excluding carboxylic acids is 1. The maximum absolute atomic E-state index is 13.1. The van der Waals surface area contributed by atoms with Crippen LogP contribution in [0.15, 0.2) is 36.7 Å². The zero-order valence-electron chi connectivity index (χ0n) is 13.3. The third kappa shape index (κ3) is 3.68. The summed E-state index contributed by atoms with van der Waals surface area (Å²) in [7, 11) is 0. The number of hydrogen-bond acceptors (Lipinski definition) is 5. The number of anilines is 1. The number of thiophene rings is 1. The molecule has 0 atom stereocenters. The van der Waals surface area contributed by atoms with Crippen molar-refractivity contribution in [3.05, 3.63) is 42.5 Å². The molecule has 0 aliphatic rings. The van der Waals surface area contributed by atoms with Crippen molar-refractivity contribution >= 4 is 33.3 Å². The molecule has 2 aromatic heterocycles. The van der Waals surface area contributed by atoms with Crippen molar-refractivity contribution in [1.82, 2.24) is 15.3 Å². The Kier molecular flexibility index (Phi) is 4.71. The zero-order valence-corrected chi connectivity index (χ0v) is 14.2. The first-order chi connectivity index (χ1) is 11.5. The minimum Gasteiger partial charge on any atom is -0.360 e. The fourth-order valence-electron chi connectivity index (χ4n) is 2.27. The van der Waals surface area contributed by atoms with E-state index in [4.69, 9.17) is 0 Å². The lowest BCUT2D eigenvalue weighted by molar-refractivity contribution is -0.119. The Morgan fingerprint density at radius 2 is 2.00 bits per heavy atom. The lowest BCUT2D eigenvalue weighted by Crippen LogP contribution is -2.34. The van der Waals surface area contributed by atoms with Crippen molar-refractivity contribution in [3.8, 4) is 10.4 Å². The van der Waals surface area contributed by atoms with E-state index >= 15 is 0 Å². The van der Waals surface area contributed by atoms with Crippen LogP contribution in [0.25, 0.3) is 20.7 Å². The van der Waals surface area contributed by atoms with Gasteiger partial charge in [-0.15, -0.1) is 11.3 Å². The van der Waals surface area contributed by atoms with E-state index in [-0.39, 0.29) is 24.3 Å². The SMILES string of the molecule is CC(C)NC(=O)CNc1ncnc2cc(-c3ccc(F)cc3)sc12. The molecule has 0 radical (unpaired) electrons. The maximum atomic E-state index is 13.1. The second-order valence-electron chi connectivity index (χ2n) is 5.63. The number of benzene rings is 1. The third-order valence-corrected chi connectivity index (χ3v) is 4.49. The standard InChI is InChI=1S/C17H17FN4OS/c1-10(2)22-15(23)8-19-17-16-13(20-9-21-17)7-14(24-16)11-3-5-12(18)6-4-11/h3-7,9-10H,8H2,1-2H3,(H,22,23)(H,19,20,21). The van der Waals surface area contributed by atoms with Crippen LogP contribution in [0.2, 0.25) is 0 Å². The normalized spacial score (nSPS) is 11.0. The Labute approximate surface area is 143 Å². The quantitative estimate of drug-likeness (QED) is 0.744. The van der Waals surface area contributed by atoms with Crippen LogP contribution in [-0.4, -0.2) is 28.5 Å². The average Bonchev–Trinajstić information content (AvgIpc) is 2.97. The summed E-state index contributed by atoms with van der Waals surface area (Å²) in [6, 6.07) is 8.36. The first kappa shape index (κ1) is 16.3. The van der Waals surface area contributed by atoms with Crippen LogP contribution in [0.4, 0.5) is 10.2 Å². The number of rotatable bonds is 5. The van der Waals surface area contributed by atoms with Gasteiger partial charge in [0.05, 0.1) is 16.8 Å². The molecule has 0 saturated carbocycles. The van der Waals surface area contributed by atoms with E-state index in [1.807, 2.05) is 19.9 Å². The van der Waals surface area contributed by atoms with E-state index < -0.39 is 0 Å². The molecule has 7 heteroatoms. The highest BCUT2D eigenvalue weighted by Gasteiger charge is 2.11. The number of fused-ring (bicyclic) bond motifs is 1. The molecule has 2 N–H and O–H groups in total. The summed E-state index contributed by atoms with van der Waals surface area (Å²) in [4.78, 5) is 21.2. The predicted molar refractivity (Wildman–Crippen MR) is 94.6 cm³/mol. The zero-order chi connectivity index (χ0) is 17.1. The highest BCUT2D eigenvalue weighted by atomic mass is 32.1. The fourth-order valence-corrected chi connectivity index (χ4v) is 3.36. The van der Waals surface area contributed by atoms with Gasteiger partial charge in [0.2, 0.25) is 5.91 Å². The molecule has 1 aromatic carbocycles. The summed E-state index contributed by atoms with van der Waals surface area (Å²) in [6.45, 7) is 3.97. The number of amides is 1. The van der Waals surface area contributed by atoms with Gasteiger partial charge in [0.25, 0.3) is 0 Å². The van der Waals surface area contributed by atoms with Crippen LogP contribution >= 0.6 is 11.3 Å². The van der Waals surface area contributed by atoms with E-state index in [0.717, 1.165) is 20.7 Å². The number of carbonyl (C=O) groups is 1. The van der Waals surface area contributed by atoms with Crippen molar-refractivity contribution in [2.24, 2.45) is 0 Å². The van der Waals surface area contributed by atoms with Crippen LogP contribution in [0.5, 0.6) is 0 Å². The summed E-state index contributed by atoms with van der Waals surface area (Å²) < 4.78 is 13.9. The molecule has 0 unspecified atom stereocenters. The predicted octanol–water partition coefficient (Wildman–Crippen LogP) is 3.43. The van der Waals surface area contributed by atoms with E-state index in [1.54, 1.807) is 12.1 Å². The summed E-state index contributed by atoms with van der Waals surface area (Å²) in [5.41, 5.74) is 1.71. The highest BCUT2D eigenvalue weighted by molar-refractivity contribution is 7.22. The van der Waals surface area contributed by atoms with Gasteiger partial charge in [-0.1, -0.05) is 12.1 Å². The monoisotopic (exact) mass is 344 g/mol. The Bertz CT molecular complexity index is 861. The molecule has 124 valence electrons. The summed E-state index contributed by atoms with van der Waals surface area (Å²) in [5, 5.41) is 5.87. The largest absolute Gasteiger partial charge is 0.360 e. The molecular formula is C17H17FN4OS. The fraction of sp³-hybridized carbons (Fsp3) is 0.235. The Morgan fingerprint density at radius 1 is 1.25 bits per heavy atom. The van der Waals surface area contributed by atoms with Gasteiger partial charge >= 0.3 is 0 Å². The molecule has 3 rings (SSSR count). The van der Waals surface area contributed by atoms with E-state index in [0.29, 0.717) is 5.82 Å². The highest BCUT2D eigenvalue weighted by Crippen LogP contribution is 2.35. The molecule has 5 nitrogen and oxygen atoms in total. The molecule has 0 fully saturated rings. The Hall–Kier alpha value is -2.54. The number of nitrogens with one attached hydrogen (secondary N) is 2. The summed E-state index contributed by atoms with van der Waals surface area (Å²) in [6.07, 6.45) is 1.46. The topological polar surface area (TPSA) is 66.9 Å². The maximum Gasteiger partial charge on any atom is 0.239 e. The smallest absolute Gasteiger partial charge is 0.239 e. The van der Waals surface area contributed by atoms with Crippen LogP contribution in [0.3, 0.4) is 0 Å². The van der Waals surface area contributed by atoms with Crippen molar-refractivity contribution in [2.45, 2.75) is 19.9 Å². The molecule has 2 heterocycles. The van der Waals surface area contributed by atoms with Gasteiger partial charge in [0.15, 0.2) is 0 Å². The lowest BCUT2D eigenvalue weighted by atomic mass is 10.2. The molecule has 0 bridgehead atoms. The average molecular weight is 344 g/mol. The third-order valence-electron chi connectivity index (χ3n) is 3.31. The molecule has 0 aliphatic carbocycles. The molecular weight excluding hydrogens is 327 g/mol. The van der Waals surface area contributed by atoms with Gasteiger partial charge in [-0.2, -0.15) is 0 Å². The first-order valence-electron chi connectivity index (χ1n) is 7.56. The number of nitrogens with zero attached hydrogens (tertiary/aromatic N) is 2. The number of hydrogen-bond donors (Lipinski definition) is 2. The Morgan fingerprint density at radius 3 is 2.71 bits per heavy atom. The molecule has 3 aromatic rings. The van der Waals surface area contributed by atoms with Crippen molar-refractivity contribution in [2.75, 3.05) is 11.9 Å². The Balaban J connectivity index is 1.85.